The molecule has 0 aliphatic rings. The first kappa shape index (κ1) is 10.6. The molecule has 0 aliphatic carbocycles. The highest BCUT2D eigenvalue weighted by atomic mass is 79.9. The second-order valence-corrected chi connectivity index (χ2v) is 3.60. The molecular formula is C6H6Br2N4O. The summed E-state index contributed by atoms with van der Waals surface area (Å²) in [6, 6.07) is 0. The Kier molecular flexibility index (Phi) is 3.76. The molecule has 0 radical (unpaired) electrons. The molecule has 0 atom stereocenters. The Morgan fingerprint density at radius 1 is 1.38 bits per heavy atom. The van der Waals surface area contributed by atoms with Crippen LogP contribution in [0.3, 0.4) is 0 Å². The summed E-state index contributed by atoms with van der Waals surface area (Å²) < 4.78 is 1.17. The maximum absolute atomic E-state index is 8.27. The van der Waals surface area contributed by atoms with Crippen molar-refractivity contribution in [1.29, 1.82) is 0 Å². The van der Waals surface area contributed by atoms with E-state index in [0.29, 0.717) is 15.0 Å². The average molecular weight is 310 g/mol. The average Bonchev–Trinajstić information content (AvgIpc) is 2.09. The van der Waals surface area contributed by atoms with E-state index in [0.717, 1.165) is 12.0 Å². The summed E-state index contributed by atoms with van der Waals surface area (Å²) in [6.07, 6.45) is 1.11. The van der Waals surface area contributed by atoms with Crippen molar-refractivity contribution < 1.29 is 5.21 Å². The number of hydroxylamine groups is 1. The molecule has 5 nitrogen and oxygen atoms in total. The minimum Gasteiger partial charge on any atom is -0.290 e. The summed E-state index contributed by atoms with van der Waals surface area (Å²) in [7, 11) is 0. The number of aromatic nitrogens is 2. The van der Waals surface area contributed by atoms with Crippen molar-refractivity contribution in [3.8, 4) is 0 Å². The zero-order chi connectivity index (χ0) is 9.84. The van der Waals surface area contributed by atoms with E-state index in [2.05, 4.69) is 46.8 Å². The number of rotatable bonds is 2. The zero-order valence-corrected chi connectivity index (χ0v) is 9.79. The molecule has 0 bridgehead atoms. The van der Waals surface area contributed by atoms with Gasteiger partial charge in [-0.15, -0.1) is 0 Å². The molecule has 1 rings (SSSR count). The fourth-order valence-corrected chi connectivity index (χ4v) is 1.51. The van der Waals surface area contributed by atoms with E-state index in [4.69, 9.17) is 5.21 Å². The van der Waals surface area contributed by atoms with Gasteiger partial charge in [-0.25, -0.2) is 15.0 Å². The van der Waals surface area contributed by atoms with Crippen LogP contribution < -0.4 is 5.48 Å². The van der Waals surface area contributed by atoms with E-state index in [-0.39, 0.29) is 0 Å². The molecule has 0 unspecified atom stereocenters. The summed E-state index contributed by atoms with van der Waals surface area (Å²) in [5, 5.41) is 8.27. The predicted molar refractivity (Wildman–Crippen MR) is 55.2 cm³/mol. The predicted octanol–water partition coefficient (Wildman–Crippen LogP) is 1.95. The van der Waals surface area contributed by atoms with Crippen LogP contribution in [0.4, 0.5) is 5.82 Å². The van der Waals surface area contributed by atoms with Crippen molar-refractivity contribution in [1.82, 2.24) is 15.4 Å². The van der Waals surface area contributed by atoms with Gasteiger partial charge in [-0.1, -0.05) is 0 Å². The van der Waals surface area contributed by atoms with E-state index in [1.165, 1.54) is 0 Å². The van der Waals surface area contributed by atoms with Crippen molar-refractivity contribution in [2.45, 2.75) is 6.92 Å². The van der Waals surface area contributed by atoms with Crippen molar-refractivity contribution in [3.05, 3.63) is 14.9 Å². The van der Waals surface area contributed by atoms with Crippen molar-refractivity contribution in [2.75, 3.05) is 0 Å². The SMILES string of the molecule is Cc1nc(/N=C/NO)c(Br)nc1Br. The van der Waals surface area contributed by atoms with Gasteiger partial charge in [0.05, 0.1) is 5.69 Å². The lowest BCUT2D eigenvalue weighted by Gasteiger charge is -2.00. The molecule has 2 N–H and O–H groups in total. The minimum atomic E-state index is 0.405. The van der Waals surface area contributed by atoms with Crippen LogP contribution in [0.2, 0.25) is 0 Å². The maximum Gasteiger partial charge on any atom is 0.187 e. The molecule has 7 heteroatoms. The van der Waals surface area contributed by atoms with E-state index < -0.39 is 0 Å². The van der Waals surface area contributed by atoms with Crippen molar-refractivity contribution in [3.63, 3.8) is 0 Å². The highest BCUT2D eigenvalue weighted by Gasteiger charge is 2.05. The summed E-state index contributed by atoms with van der Waals surface area (Å²) in [4.78, 5) is 12.0. The number of hydrogen-bond acceptors (Lipinski definition) is 4. The fourth-order valence-electron chi connectivity index (χ4n) is 0.640. The van der Waals surface area contributed by atoms with Gasteiger partial charge in [0, 0.05) is 0 Å². The van der Waals surface area contributed by atoms with Crippen LogP contribution in [-0.2, 0) is 0 Å². The Morgan fingerprint density at radius 3 is 2.69 bits per heavy atom. The lowest BCUT2D eigenvalue weighted by molar-refractivity contribution is 0.240. The highest BCUT2D eigenvalue weighted by molar-refractivity contribution is 9.11. The number of halogens is 2. The van der Waals surface area contributed by atoms with E-state index in [1.54, 1.807) is 12.4 Å². The Labute approximate surface area is 91.5 Å². The summed E-state index contributed by atoms with van der Waals surface area (Å²) in [6.45, 7) is 1.80. The molecule has 0 saturated carbocycles. The molecular weight excluding hydrogens is 304 g/mol. The van der Waals surface area contributed by atoms with Gasteiger partial charge in [-0.05, 0) is 38.8 Å². The largest absolute Gasteiger partial charge is 0.290 e. The minimum absolute atomic E-state index is 0.405. The number of hydrogen-bond donors (Lipinski definition) is 2. The summed E-state index contributed by atoms with van der Waals surface area (Å²) in [5.74, 6) is 0.405. The van der Waals surface area contributed by atoms with Crippen molar-refractivity contribution >= 4 is 44.0 Å². The smallest absolute Gasteiger partial charge is 0.187 e. The van der Waals surface area contributed by atoms with Crippen LogP contribution in [0.5, 0.6) is 0 Å². The van der Waals surface area contributed by atoms with Gasteiger partial charge in [0.1, 0.15) is 10.9 Å². The normalized spacial score (nSPS) is 10.8. The first-order valence-electron chi connectivity index (χ1n) is 3.27. The van der Waals surface area contributed by atoms with Crippen LogP contribution >= 0.6 is 31.9 Å². The van der Waals surface area contributed by atoms with Crippen LogP contribution in [0.1, 0.15) is 5.69 Å². The molecule has 70 valence electrons. The zero-order valence-electron chi connectivity index (χ0n) is 6.62. The highest BCUT2D eigenvalue weighted by Crippen LogP contribution is 2.23. The van der Waals surface area contributed by atoms with Crippen LogP contribution in [0.15, 0.2) is 14.2 Å². The summed E-state index contributed by atoms with van der Waals surface area (Å²) >= 11 is 6.41. The van der Waals surface area contributed by atoms with Crippen LogP contribution in [0, 0.1) is 6.92 Å². The monoisotopic (exact) mass is 308 g/mol. The van der Waals surface area contributed by atoms with E-state index >= 15 is 0 Å². The topological polar surface area (TPSA) is 70.4 Å². The van der Waals surface area contributed by atoms with Gasteiger partial charge in [0.2, 0.25) is 0 Å². The second kappa shape index (κ2) is 4.64. The third-order valence-electron chi connectivity index (χ3n) is 1.20. The second-order valence-electron chi connectivity index (χ2n) is 2.10. The van der Waals surface area contributed by atoms with Gasteiger partial charge in [0.15, 0.2) is 10.4 Å². The van der Waals surface area contributed by atoms with Crippen molar-refractivity contribution in [2.24, 2.45) is 4.99 Å². The van der Waals surface area contributed by atoms with Gasteiger partial charge in [0.25, 0.3) is 0 Å². The Morgan fingerprint density at radius 2 is 2.08 bits per heavy atom. The molecule has 0 amide bonds. The standard InChI is InChI=1S/C6H6Br2N4O/c1-3-4(7)12-5(8)6(11-3)9-2-10-13/h2,13H,1H3,(H,9,10,11). The number of nitrogens with zero attached hydrogens (tertiary/aromatic N) is 3. The van der Waals surface area contributed by atoms with Crippen LogP contribution in [-0.4, -0.2) is 21.5 Å². The Balaban J connectivity index is 3.08. The molecule has 13 heavy (non-hydrogen) atoms. The fraction of sp³-hybridized carbons (Fsp3) is 0.167. The van der Waals surface area contributed by atoms with Gasteiger partial charge < -0.3 is 0 Å². The lowest BCUT2D eigenvalue weighted by Crippen LogP contribution is -2.01. The Hall–Kier alpha value is -0.530. The number of aliphatic imine (C=N–C) groups is 1. The quantitative estimate of drug-likeness (QED) is 0.498. The van der Waals surface area contributed by atoms with E-state index in [1.807, 2.05) is 0 Å². The first-order valence-corrected chi connectivity index (χ1v) is 4.85. The first-order chi connectivity index (χ1) is 6.15. The molecule has 0 aromatic carbocycles. The van der Waals surface area contributed by atoms with Gasteiger partial charge in [-0.3, -0.25) is 10.7 Å². The third kappa shape index (κ3) is 2.71. The maximum atomic E-state index is 8.27. The molecule has 0 aliphatic heterocycles. The third-order valence-corrected chi connectivity index (χ3v) is 2.48. The van der Waals surface area contributed by atoms with Crippen LogP contribution in [0.25, 0.3) is 0 Å². The van der Waals surface area contributed by atoms with Gasteiger partial charge >= 0.3 is 0 Å². The molecule has 1 aromatic heterocycles. The number of aryl methyl sites for hydroxylation is 1. The molecule has 0 saturated heterocycles. The van der Waals surface area contributed by atoms with E-state index in [9.17, 15) is 0 Å². The molecule has 0 spiro atoms. The molecule has 0 fully saturated rings. The summed E-state index contributed by atoms with van der Waals surface area (Å²) in [5.41, 5.74) is 2.52. The Bertz CT molecular complexity index is 342. The number of nitrogens with one attached hydrogen (secondary N) is 1. The van der Waals surface area contributed by atoms with Gasteiger partial charge in [-0.2, -0.15) is 0 Å². The lowest BCUT2D eigenvalue weighted by atomic mass is 10.5. The molecule has 1 aromatic rings. The molecule has 1 heterocycles.